The minimum Gasteiger partial charge on any atom is -0.495 e. The van der Waals surface area contributed by atoms with Crippen LogP contribution in [0.15, 0.2) is 53.1 Å². The van der Waals surface area contributed by atoms with Gasteiger partial charge in [-0.1, -0.05) is 17.3 Å². The molecule has 0 N–H and O–H groups in total. The lowest BCUT2D eigenvalue weighted by atomic mass is 10.1. The minimum absolute atomic E-state index is 0.0211. The number of rotatable bonds is 6. The molecule has 1 amide bonds. The van der Waals surface area contributed by atoms with Crippen molar-refractivity contribution in [2.75, 3.05) is 18.6 Å². The first-order valence-corrected chi connectivity index (χ1v) is 10.9. The van der Waals surface area contributed by atoms with Crippen LogP contribution in [0.5, 0.6) is 11.5 Å². The Labute approximate surface area is 191 Å². The number of carbonyl (C=O) groups is 2. The van der Waals surface area contributed by atoms with Gasteiger partial charge in [-0.3, -0.25) is 9.59 Å². The topological polar surface area (TPSA) is 91.1 Å². The molecule has 0 aliphatic carbocycles. The Balaban J connectivity index is 1.21. The lowest BCUT2D eigenvalue weighted by Gasteiger charge is -2.19. The maximum absolute atomic E-state index is 12.6. The van der Waals surface area contributed by atoms with Crippen LogP contribution in [-0.2, 0) is 27.4 Å². The Bertz CT molecular complexity index is 1200. The van der Waals surface area contributed by atoms with Gasteiger partial charge in [0, 0.05) is 31.0 Å². The molecule has 2 aliphatic heterocycles. The maximum Gasteiger partial charge on any atom is 0.311 e. The van der Waals surface area contributed by atoms with Gasteiger partial charge in [0.05, 0.1) is 18.7 Å². The van der Waals surface area contributed by atoms with Crippen molar-refractivity contribution in [3.8, 4) is 22.8 Å². The average molecular weight is 448 g/mol. The Hall–Kier alpha value is -3.81. The number of para-hydroxylation sites is 2. The minimum atomic E-state index is -0.549. The molecule has 2 atom stereocenters. The van der Waals surface area contributed by atoms with E-state index in [2.05, 4.69) is 5.16 Å². The highest BCUT2D eigenvalue weighted by atomic mass is 16.5. The second kappa shape index (κ2) is 8.61. The molecular formula is C25H24N2O6. The van der Waals surface area contributed by atoms with Crippen molar-refractivity contribution in [2.24, 2.45) is 5.92 Å². The van der Waals surface area contributed by atoms with Crippen LogP contribution in [0.2, 0.25) is 0 Å². The molecule has 33 heavy (non-hydrogen) atoms. The fourth-order valence-corrected chi connectivity index (χ4v) is 4.31. The summed E-state index contributed by atoms with van der Waals surface area (Å²) in [5.41, 5.74) is 3.19. The van der Waals surface area contributed by atoms with E-state index >= 15 is 0 Å². The molecule has 2 unspecified atom stereocenters. The Morgan fingerprint density at radius 1 is 1.18 bits per heavy atom. The van der Waals surface area contributed by atoms with E-state index in [-0.39, 0.29) is 31.6 Å². The van der Waals surface area contributed by atoms with E-state index in [1.165, 1.54) is 0 Å². The predicted octanol–water partition coefficient (Wildman–Crippen LogP) is 3.77. The second-order valence-electron chi connectivity index (χ2n) is 8.32. The maximum atomic E-state index is 12.6. The van der Waals surface area contributed by atoms with Gasteiger partial charge in [0.25, 0.3) is 0 Å². The van der Waals surface area contributed by atoms with Crippen LogP contribution in [-0.4, -0.2) is 36.8 Å². The number of ether oxygens (including phenoxy) is 3. The van der Waals surface area contributed by atoms with Crippen LogP contribution in [0.3, 0.4) is 0 Å². The first-order chi connectivity index (χ1) is 16.0. The molecule has 8 nitrogen and oxygen atoms in total. The van der Waals surface area contributed by atoms with E-state index in [9.17, 15) is 9.59 Å². The summed E-state index contributed by atoms with van der Waals surface area (Å²) in [6, 6.07) is 14.9. The lowest BCUT2D eigenvalue weighted by Crippen LogP contribution is -2.26. The summed E-state index contributed by atoms with van der Waals surface area (Å²) in [5, 5.41) is 4.02. The summed E-state index contributed by atoms with van der Waals surface area (Å²) in [7, 11) is 1.55. The van der Waals surface area contributed by atoms with Gasteiger partial charge in [-0.05, 0) is 42.8 Å². The molecule has 0 radical (unpaired) electrons. The van der Waals surface area contributed by atoms with Crippen molar-refractivity contribution in [3.05, 3.63) is 59.8 Å². The third-order valence-corrected chi connectivity index (χ3v) is 5.94. The highest BCUT2D eigenvalue weighted by Gasteiger charge is 2.37. The molecule has 8 heteroatoms. The van der Waals surface area contributed by atoms with Gasteiger partial charge in [0.15, 0.2) is 5.76 Å². The number of amides is 1. The molecule has 170 valence electrons. The Morgan fingerprint density at radius 3 is 2.88 bits per heavy atom. The van der Waals surface area contributed by atoms with Crippen molar-refractivity contribution in [3.63, 3.8) is 0 Å². The number of nitrogens with zero attached hydrogens (tertiary/aromatic N) is 2. The predicted molar refractivity (Wildman–Crippen MR) is 119 cm³/mol. The molecule has 1 aromatic heterocycles. The van der Waals surface area contributed by atoms with Crippen LogP contribution in [0.4, 0.5) is 5.69 Å². The van der Waals surface area contributed by atoms with Crippen molar-refractivity contribution >= 4 is 17.6 Å². The van der Waals surface area contributed by atoms with E-state index in [0.717, 1.165) is 23.3 Å². The fourth-order valence-electron chi connectivity index (χ4n) is 4.31. The summed E-state index contributed by atoms with van der Waals surface area (Å²) >= 11 is 0. The summed E-state index contributed by atoms with van der Waals surface area (Å²) < 4.78 is 22.0. The monoisotopic (exact) mass is 448 g/mol. The normalized spacial score (nSPS) is 19.3. The number of hydrogen-bond donors (Lipinski definition) is 0. The fraction of sp³-hybridized carbons (Fsp3) is 0.320. The number of esters is 1. The number of carbonyl (C=O) groups excluding carboxylic acids is 2. The van der Waals surface area contributed by atoms with E-state index in [1.807, 2.05) is 37.3 Å². The molecule has 2 aromatic carbocycles. The summed E-state index contributed by atoms with van der Waals surface area (Å²) in [6.45, 7) is 2.26. The summed E-state index contributed by atoms with van der Waals surface area (Å²) in [6.07, 6.45) is 1.12. The zero-order chi connectivity index (χ0) is 22.9. The zero-order valence-corrected chi connectivity index (χ0v) is 18.4. The van der Waals surface area contributed by atoms with E-state index < -0.39 is 11.9 Å². The molecule has 2 aliphatic rings. The Morgan fingerprint density at radius 2 is 2.03 bits per heavy atom. The molecule has 1 saturated heterocycles. The lowest BCUT2D eigenvalue weighted by molar-refractivity contribution is -0.149. The van der Waals surface area contributed by atoms with Gasteiger partial charge in [0.1, 0.15) is 29.9 Å². The number of anilines is 1. The molecule has 0 bridgehead atoms. The second-order valence-corrected chi connectivity index (χ2v) is 8.32. The highest BCUT2D eigenvalue weighted by Crippen LogP contribution is 2.34. The van der Waals surface area contributed by atoms with E-state index in [0.29, 0.717) is 22.9 Å². The number of benzene rings is 2. The van der Waals surface area contributed by atoms with Crippen LogP contribution in [0, 0.1) is 5.92 Å². The molecule has 3 heterocycles. The zero-order valence-electron chi connectivity index (χ0n) is 18.4. The van der Waals surface area contributed by atoms with Crippen molar-refractivity contribution in [1.82, 2.24) is 5.16 Å². The third kappa shape index (κ3) is 4.16. The first-order valence-electron chi connectivity index (χ1n) is 10.9. The number of hydrogen-bond acceptors (Lipinski definition) is 7. The van der Waals surface area contributed by atoms with Gasteiger partial charge >= 0.3 is 5.97 Å². The van der Waals surface area contributed by atoms with Crippen molar-refractivity contribution in [1.29, 1.82) is 0 Å². The molecule has 5 rings (SSSR count). The van der Waals surface area contributed by atoms with E-state index in [1.54, 1.807) is 30.2 Å². The SMILES string of the molecule is COc1ccccc1N1CC(C(=O)OCc2cc(-c3ccc4c(c3)CC(C)O4)on2)CC1=O. The van der Waals surface area contributed by atoms with Crippen molar-refractivity contribution in [2.45, 2.75) is 32.5 Å². The largest absolute Gasteiger partial charge is 0.495 e. The molecule has 0 saturated carbocycles. The van der Waals surface area contributed by atoms with Gasteiger partial charge in [-0.25, -0.2) is 0 Å². The van der Waals surface area contributed by atoms with Gasteiger partial charge < -0.3 is 23.6 Å². The van der Waals surface area contributed by atoms with Gasteiger partial charge in [-0.15, -0.1) is 0 Å². The van der Waals surface area contributed by atoms with Gasteiger partial charge in [-0.2, -0.15) is 0 Å². The van der Waals surface area contributed by atoms with Crippen molar-refractivity contribution < 1.29 is 28.3 Å². The first kappa shape index (κ1) is 21.1. The molecule has 1 fully saturated rings. The Kier molecular flexibility index (Phi) is 5.50. The molecular weight excluding hydrogens is 424 g/mol. The van der Waals surface area contributed by atoms with E-state index in [4.69, 9.17) is 18.7 Å². The average Bonchev–Trinajstić information content (AvgIpc) is 3.54. The third-order valence-electron chi connectivity index (χ3n) is 5.94. The molecule has 3 aromatic rings. The number of fused-ring (bicyclic) bond motifs is 1. The quantitative estimate of drug-likeness (QED) is 0.530. The highest BCUT2D eigenvalue weighted by molar-refractivity contribution is 6.00. The number of methoxy groups -OCH3 is 1. The smallest absolute Gasteiger partial charge is 0.311 e. The molecule has 0 spiro atoms. The van der Waals surface area contributed by atoms with Gasteiger partial charge in [0.2, 0.25) is 5.91 Å². The van der Waals surface area contributed by atoms with Crippen LogP contribution >= 0.6 is 0 Å². The standard InChI is InChI=1S/C25H24N2O6/c1-15-9-17-10-16(7-8-21(17)32-15)23-12-19(26-33-23)14-31-25(29)18-11-24(28)27(13-18)20-5-3-4-6-22(20)30-2/h3-8,10,12,15,18H,9,11,13-14H2,1-2H3. The van der Waals surface area contributed by atoms with Crippen LogP contribution < -0.4 is 14.4 Å². The summed E-state index contributed by atoms with van der Waals surface area (Å²) in [5.74, 6) is 0.957. The van der Waals surface area contributed by atoms with Crippen LogP contribution in [0.25, 0.3) is 11.3 Å². The number of aromatic nitrogens is 1. The van der Waals surface area contributed by atoms with Crippen LogP contribution in [0.1, 0.15) is 24.6 Å². The summed E-state index contributed by atoms with van der Waals surface area (Å²) in [4.78, 5) is 26.7.